The van der Waals surface area contributed by atoms with Gasteiger partial charge in [0.2, 0.25) is 5.91 Å². The zero-order valence-corrected chi connectivity index (χ0v) is 20.2. The maximum atomic E-state index is 11.8. The number of rotatable bonds is 7. The van der Waals surface area contributed by atoms with Crippen molar-refractivity contribution in [3.63, 3.8) is 0 Å². The van der Waals surface area contributed by atoms with Crippen LogP contribution in [0, 0.1) is 11.8 Å². The zero-order chi connectivity index (χ0) is 27.1. The summed E-state index contributed by atoms with van der Waals surface area (Å²) in [5.41, 5.74) is 8.10. The normalized spacial score (nSPS) is 21.1. The largest absolute Gasteiger partial charge is 0.490 e. The van der Waals surface area contributed by atoms with E-state index < -0.39 is 29.9 Å². The van der Waals surface area contributed by atoms with E-state index in [1.807, 2.05) is 42.5 Å². The van der Waals surface area contributed by atoms with E-state index in [4.69, 9.17) is 15.6 Å². The van der Waals surface area contributed by atoms with Crippen LogP contribution in [-0.2, 0) is 21.4 Å². The highest BCUT2D eigenvalue weighted by molar-refractivity contribution is 5.93. The Hall–Kier alpha value is -3.40. The van der Waals surface area contributed by atoms with E-state index in [-0.39, 0.29) is 5.41 Å². The summed E-state index contributed by atoms with van der Waals surface area (Å²) in [5, 5.41) is 16.8. The molecule has 0 radical (unpaired) electrons. The molecular weight excluding hydrogens is 477 g/mol. The topological polar surface area (TPSA) is 121 Å². The van der Waals surface area contributed by atoms with Gasteiger partial charge in [0, 0.05) is 18.7 Å². The van der Waals surface area contributed by atoms with Crippen LogP contribution in [-0.4, -0.2) is 58.8 Å². The molecule has 1 amide bonds. The van der Waals surface area contributed by atoms with Crippen molar-refractivity contribution in [2.75, 3.05) is 19.6 Å². The first-order valence-corrected chi connectivity index (χ1v) is 11.4. The van der Waals surface area contributed by atoms with Crippen LogP contribution < -0.4 is 5.73 Å². The Morgan fingerprint density at radius 2 is 1.72 bits per heavy atom. The van der Waals surface area contributed by atoms with E-state index in [9.17, 15) is 27.9 Å². The molecule has 0 unspecified atom stereocenters. The lowest BCUT2D eigenvalue weighted by molar-refractivity contribution is -0.192. The number of nitrogens with two attached hydrogens (primary N) is 1. The molecule has 7 nitrogen and oxygen atoms in total. The van der Waals surface area contributed by atoms with Crippen LogP contribution >= 0.6 is 0 Å². The van der Waals surface area contributed by atoms with Crippen molar-refractivity contribution in [2.24, 2.45) is 17.6 Å². The molecule has 2 aromatic carbocycles. The number of hydrogen-bond acceptors (Lipinski definition) is 4. The highest BCUT2D eigenvalue weighted by Gasteiger charge is 2.39. The molecular formula is C26H31F3N2O5. The summed E-state index contributed by atoms with van der Waals surface area (Å²) in [4.78, 5) is 34.6. The molecule has 1 aliphatic heterocycles. The minimum Gasteiger partial charge on any atom is -0.481 e. The predicted molar refractivity (Wildman–Crippen MR) is 127 cm³/mol. The number of aliphatic carboxylic acids is 2. The molecule has 196 valence electrons. The smallest absolute Gasteiger partial charge is 0.481 e. The summed E-state index contributed by atoms with van der Waals surface area (Å²) in [6, 6.07) is 17.4. The highest BCUT2D eigenvalue weighted by Crippen LogP contribution is 2.39. The molecule has 0 bridgehead atoms. The van der Waals surface area contributed by atoms with E-state index in [1.54, 1.807) is 6.07 Å². The number of carbonyl (C=O) groups is 3. The van der Waals surface area contributed by atoms with Crippen LogP contribution in [0.15, 0.2) is 54.6 Å². The van der Waals surface area contributed by atoms with Gasteiger partial charge in [0.05, 0.1) is 5.92 Å². The number of carboxylic acid groups (broad SMARTS) is 2. The number of halogens is 3. The Bertz CT molecular complexity index is 1060. The molecule has 0 spiro atoms. The van der Waals surface area contributed by atoms with E-state index >= 15 is 0 Å². The van der Waals surface area contributed by atoms with Gasteiger partial charge in [-0.1, -0.05) is 56.3 Å². The number of nitrogens with zero attached hydrogens (tertiary/aromatic N) is 1. The lowest BCUT2D eigenvalue weighted by Gasteiger charge is -2.45. The molecule has 36 heavy (non-hydrogen) atoms. The van der Waals surface area contributed by atoms with Gasteiger partial charge >= 0.3 is 18.1 Å². The summed E-state index contributed by atoms with van der Waals surface area (Å²) in [7, 11) is 0. The van der Waals surface area contributed by atoms with Gasteiger partial charge in [-0.05, 0) is 54.0 Å². The van der Waals surface area contributed by atoms with Gasteiger partial charge in [0.25, 0.3) is 0 Å². The number of likely N-dealkylation sites (tertiary alicyclic amines) is 1. The predicted octanol–water partition coefficient (Wildman–Crippen LogP) is 3.96. The Kier molecular flexibility index (Phi) is 9.63. The van der Waals surface area contributed by atoms with Gasteiger partial charge < -0.3 is 20.8 Å². The third kappa shape index (κ3) is 7.81. The van der Waals surface area contributed by atoms with Crippen LogP contribution in [0.3, 0.4) is 0 Å². The number of alkyl halides is 3. The molecule has 1 saturated heterocycles. The Morgan fingerprint density at radius 1 is 1.11 bits per heavy atom. The Labute approximate surface area is 207 Å². The third-order valence-electron chi connectivity index (χ3n) is 6.77. The van der Waals surface area contributed by atoms with E-state index in [0.717, 1.165) is 30.6 Å². The second kappa shape index (κ2) is 12.0. The number of benzene rings is 2. The van der Waals surface area contributed by atoms with Crippen molar-refractivity contribution in [3.8, 4) is 0 Å². The molecule has 10 heteroatoms. The van der Waals surface area contributed by atoms with Crippen LogP contribution in [0.2, 0.25) is 0 Å². The molecule has 0 saturated carbocycles. The van der Waals surface area contributed by atoms with E-state index in [0.29, 0.717) is 24.4 Å². The van der Waals surface area contributed by atoms with Crippen LogP contribution in [0.25, 0.3) is 0 Å². The second-order valence-corrected chi connectivity index (χ2v) is 9.30. The standard InChI is InChI=1S/C24H30N2O3.C2HF3O2/c1-17-15-26(16-20(23(28)29)13-18-7-4-3-5-8-18)12-11-24(17,2)21-10-6-9-19(14-21)22(25)27;3-2(4,5)1(6)7/h3-10,14,17,20H,11-13,15-16H2,1-2H3,(H2,25,27)(H,28,29);(H,6,7)/t17-,20-,24+;/m0./s1. The van der Waals surface area contributed by atoms with Gasteiger partial charge in [0.15, 0.2) is 0 Å². The molecule has 0 aliphatic carbocycles. The minimum absolute atomic E-state index is 0.0693. The molecule has 3 atom stereocenters. The van der Waals surface area contributed by atoms with Crippen molar-refractivity contribution < 1.29 is 37.8 Å². The molecule has 4 N–H and O–H groups in total. The quantitative estimate of drug-likeness (QED) is 0.521. The Balaban J connectivity index is 0.000000572. The lowest BCUT2D eigenvalue weighted by Crippen LogP contribution is -2.49. The summed E-state index contributed by atoms with van der Waals surface area (Å²) >= 11 is 0. The number of primary amides is 1. The van der Waals surface area contributed by atoms with Gasteiger partial charge in [-0.25, -0.2) is 4.79 Å². The monoisotopic (exact) mass is 508 g/mol. The molecule has 2 aromatic rings. The first-order chi connectivity index (χ1) is 16.7. The van der Waals surface area contributed by atoms with Gasteiger partial charge in [-0.3, -0.25) is 9.59 Å². The zero-order valence-electron chi connectivity index (χ0n) is 20.2. The Morgan fingerprint density at radius 3 is 2.22 bits per heavy atom. The highest BCUT2D eigenvalue weighted by atomic mass is 19.4. The van der Waals surface area contributed by atoms with Crippen molar-refractivity contribution >= 4 is 17.8 Å². The third-order valence-corrected chi connectivity index (χ3v) is 6.77. The molecule has 1 fully saturated rings. The summed E-state index contributed by atoms with van der Waals surface area (Å²) < 4.78 is 31.7. The van der Waals surface area contributed by atoms with E-state index in [1.165, 1.54) is 0 Å². The first-order valence-electron chi connectivity index (χ1n) is 11.4. The first kappa shape index (κ1) is 28.8. The van der Waals surface area contributed by atoms with Crippen molar-refractivity contribution in [2.45, 2.75) is 38.3 Å². The average molecular weight is 509 g/mol. The fraction of sp³-hybridized carbons (Fsp3) is 0.423. The number of piperidine rings is 1. The maximum absolute atomic E-state index is 11.8. The van der Waals surface area contributed by atoms with Crippen molar-refractivity contribution in [3.05, 3.63) is 71.3 Å². The summed E-state index contributed by atoms with van der Waals surface area (Å²) in [5.74, 6) is -4.01. The summed E-state index contributed by atoms with van der Waals surface area (Å²) in [6.45, 7) is 6.64. The van der Waals surface area contributed by atoms with Crippen molar-refractivity contribution in [1.82, 2.24) is 4.90 Å². The van der Waals surface area contributed by atoms with Gasteiger partial charge in [-0.2, -0.15) is 13.2 Å². The van der Waals surface area contributed by atoms with Crippen molar-refractivity contribution in [1.29, 1.82) is 0 Å². The fourth-order valence-corrected chi connectivity index (χ4v) is 4.38. The van der Waals surface area contributed by atoms with Gasteiger partial charge in [-0.15, -0.1) is 0 Å². The number of carboxylic acids is 2. The number of amides is 1. The molecule has 3 rings (SSSR count). The molecule has 0 aromatic heterocycles. The SMILES string of the molecule is C[C@H]1CN(C[C@H](Cc2ccccc2)C(=O)O)CC[C@@]1(C)c1cccc(C(N)=O)c1.O=C(O)C(F)(F)F. The lowest BCUT2D eigenvalue weighted by atomic mass is 9.67. The van der Waals surface area contributed by atoms with Crippen LogP contribution in [0.4, 0.5) is 13.2 Å². The second-order valence-electron chi connectivity index (χ2n) is 9.30. The average Bonchev–Trinajstić information content (AvgIpc) is 2.81. The fourth-order valence-electron chi connectivity index (χ4n) is 4.38. The van der Waals surface area contributed by atoms with E-state index in [2.05, 4.69) is 24.8 Å². The van der Waals surface area contributed by atoms with Gasteiger partial charge in [0.1, 0.15) is 0 Å². The summed E-state index contributed by atoms with van der Waals surface area (Å²) in [6.07, 6.45) is -3.63. The minimum atomic E-state index is -5.08. The number of hydrogen-bond donors (Lipinski definition) is 3. The maximum Gasteiger partial charge on any atom is 0.490 e. The van der Waals surface area contributed by atoms with Crippen LogP contribution in [0.5, 0.6) is 0 Å². The number of carbonyl (C=O) groups excluding carboxylic acids is 1. The molecule has 1 heterocycles. The van der Waals surface area contributed by atoms with Crippen LogP contribution in [0.1, 0.15) is 41.8 Å². The molecule has 1 aliphatic rings.